The van der Waals surface area contributed by atoms with Crippen LogP contribution < -0.4 is 21.5 Å². The van der Waals surface area contributed by atoms with Crippen LogP contribution in [0.4, 0.5) is 0 Å². The number of hydrogen-bond donors (Lipinski definition) is 1. The van der Waals surface area contributed by atoms with Gasteiger partial charge in [-0.1, -0.05) is 32.1 Å². The predicted octanol–water partition coefficient (Wildman–Crippen LogP) is -0.0879. The number of aromatic nitrogens is 2. The van der Waals surface area contributed by atoms with Crippen LogP contribution in [0.15, 0.2) is 18.7 Å². The van der Waals surface area contributed by atoms with Gasteiger partial charge in [0.05, 0.1) is 13.6 Å². The van der Waals surface area contributed by atoms with Gasteiger partial charge in [-0.3, -0.25) is 4.79 Å². The highest BCUT2D eigenvalue weighted by Gasteiger charge is 1.99. The number of aryl methyl sites for hydroxylation is 2. The molecule has 0 atom stereocenters. The highest BCUT2D eigenvalue weighted by atomic mass is 79.9. The number of carbonyl (C=O) groups is 1. The molecule has 1 rings (SSSR count). The molecule has 0 fully saturated rings. The summed E-state index contributed by atoms with van der Waals surface area (Å²) in [6.07, 6.45) is 16.1. The highest BCUT2D eigenvalue weighted by molar-refractivity contribution is 5.66. The fourth-order valence-corrected chi connectivity index (χ4v) is 2.27. The van der Waals surface area contributed by atoms with Crippen molar-refractivity contribution in [3.63, 3.8) is 0 Å². The molecule has 0 bridgehead atoms. The van der Waals surface area contributed by atoms with Crippen LogP contribution in [0.3, 0.4) is 0 Å². The van der Waals surface area contributed by atoms with E-state index < -0.39 is 5.97 Å². The van der Waals surface area contributed by atoms with E-state index in [1.807, 2.05) is 7.05 Å². The molecule has 0 aliphatic carbocycles. The maximum atomic E-state index is 10.3. The molecule has 116 valence electrons. The number of aliphatic carboxylic acids is 1. The number of halogens is 1. The molecule has 4 nitrogen and oxygen atoms in total. The zero-order valence-electron chi connectivity index (χ0n) is 12.4. The molecule has 20 heavy (non-hydrogen) atoms. The summed E-state index contributed by atoms with van der Waals surface area (Å²) in [6, 6.07) is 0. The fraction of sp³-hybridized carbons (Fsp3) is 0.733. The second kappa shape index (κ2) is 11.9. The van der Waals surface area contributed by atoms with Gasteiger partial charge in [-0.15, -0.1) is 0 Å². The van der Waals surface area contributed by atoms with Crippen molar-refractivity contribution in [1.29, 1.82) is 0 Å². The van der Waals surface area contributed by atoms with Gasteiger partial charge in [-0.2, -0.15) is 0 Å². The average molecular weight is 347 g/mol. The van der Waals surface area contributed by atoms with E-state index in [1.54, 1.807) is 0 Å². The highest BCUT2D eigenvalue weighted by Crippen LogP contribution is 2.10. The number of imidazole rings is 1. The molecule has 1 aromatic heterocycles. The molecule has 0 aliphatic heterocycles. The lowest BCUT2D eigenvalue weighted by Crippen LogP contribution is -3.00. The molecule has 1 N–H and O–H groups in total. The van der Waals surface area contributed by atoms with Crippen LogP contribution in [-0.2, 0) is 18.4 Å². The lowest BCUT2D eigenvalue weighted by atomic mass is 10.1. The van der Waals surface area contributed by atoms with E-state index in [0.29, 0.717) is 6.42 Å². The molecule has 0 aliphatic rings. The van der Waals surface area contributed by atoms with Crippen LogP contribution in [0.1, 0.15) is 57.8 Å². The second-order valence-electron chi connectivity index (χ2n) is 5.29. The summed E-state index contributed by atoms with van der Waals surface area (Å²) in [5, 5.41) is 8.51. The molecule has 1 heterocycles. The third kappa shape index (κ3) is 10.0. The largest absolute Gasteiger partial charge is 1.00 e. The Morgan fingerprint density at radius 3 is 2.10 bits per heavy atom. The minimum atomic E-state index is -0.668. The second-order valence-corrected chi connectivity index (χ2v) is 5.29. The van der Waals surface area contributed by atoms with E-state index >= 15 is 0 Å². The van der Waals surface area contributed by atoms with E-state index in [-0.39, 0.29) is 17.0 Å². The van der Waals surface area contributed by atoms with Crippen molar-refractivity contribution in [3.05, 3.63) is 18.7 Å². The zero-order valence-corrected chi connectivity index (χ0v) is 14.0. The lowest BCUT2D eigenvalue weighted by Gasteiger charge is -2.01. The Hall–Kier alpha value is -0.840. The smallest absolute Gasteiger partial charge is 0.303 e. The molecule has 0 saturated heterocycles. The molecule has 0 saturated carbocycles. The van der Waals surface area contributed by atoms with Crippen LogP contribution in [0.5, 0.6) is 0 Å². The number of unbranched alkanes of at least 4 members (excludes halogenated alkanes) is 7. The van der Waals surface area contributed by atoms with Gasteiger partial charge < -0.3 is 22.1 Å². The summed E-state index contributed by atoms with van der Waals surface area (Å²) >= 11 is 0. The third-order valence-electron chi connectivity index (χ3n) is 3.38. The maximum Gasteiger partial charge on any atom is 0.303 e. The van der Waals surface area contributed by atoms with Gasteiger partial charge in [0.25, 0.3) is 0 Å². The van der Waals surface area contributed by atoms with Crippen molar-refractivity contribution < 1.29 is 31.4 Å². The van der Waals surface area contributed by atoms with Gasteiger partial charge in [0.2, 0.25) is 6.33 Å². The SMILES string of the molecule is C[n+]1ccn(CCCCCCCCCCC(=O)O)c1.[Br-]. The van der Waals surface area contributed by atoms with E-state index in [2.05, 4.69) is 27.9 Å². The predicted molar refractivity (Wildman–Crippen MR) is 74.8 cm³/mol. The van der Waals surface area contributed by atoms with Gasteiger partial charge in [-0.05, 0) is 19.3 Å². The Morgan fingerprint density at radius 2 is 1.60 bits per heavy atom. The standard InChI is InChI=1S/C15H26N2O2.BrH/c1-16-12-13-17(14-16)11-9-7-5-3-2-4-6-8-10-15(18)19;/h12-14H,2-11H2,1H3;1H. The van der Waals surface area contributed by atoms with Gasteiger partial charge in [-0.25, -0.2) is 9.13 Å². The molecule has 0 amide bonds. The summed E-state index contributed by atoms with van der Waals surface area (Å²) in [4.78, 5) is 10.3. The third-order valence-corrected chi connectivity index (χ3v) is 3.38. The van der Waals surface area contributed by atoms with Crippen molar-refractivity contribution in [1.82, 2.24) is 4.57 Å². The number of carboxylic acids is 1. The first kappa shape index (κ1) is 19.2. The number of nitrogens with zero attached hydrogens (tertiary/aromatic N) is 2. The summed E-state index contributed by atoms with van der Waals surface area (Å²) in [5.41, 5.74) is 0. The average Bonchev–Trinajstić information content (AvgIpc) is 2.77. The van der Waals surface area contributed by atoms with Crippen molar-refractivity contribution in [2.75, 3.05) is 0 Å². The molecule has 5 heteroatoms. The molecular weight excluding hydrogens is 320 g/mol. The summed E-state index contributed by atoms with van der Waals surface area (Å²) in [7, 11) is 2.04. The minimum Gasteiger partial charge on any atom is -1.00 e. The Kier molecular flexibility index (Phi) is 11.4. The van der Waals surface area contributed by atoms with Crippen LogP contribution in [0.2, 0.25) is 0 Å². The van der Waals surface area contributed by atoms with Gasteiger partial charge in [0.15, 0.2) is 0 Å². The molecule has 0 spiro atoms. The monoisotopic (exact) mass is 346 g/mol. The summed E-state index contributed by atoms with van der Waals surface area (Å²) in [6.45, 7) is 1.11. The summed E-state index contributed by atoms with van der Waals surface area (Å²) in [5.74, 6) is -0.668. The van der Waals surface area contributed by atoms with Crippen molar-refractivity contribution in [2.45, 2.75) is 64.3 Å². The Balaban J connectivity index is 0.00000361. The number of rotatable bonds is 11. The molecule has 0 radical (unpaired) electrons. The van der Waals surface area contributed by atoms with Crippen LogP contribution in [-0.4, -0.2) is 15.6 Å². The van der Waals surface area contributed by atoms with Crippen molar-refractivity contribution in [3.8, 4) is 0 Å². The molecule has 0 aromatic carbocycles. The molecular formula is C15H27BrN2O2. The first-order valence-corrected chi connectivity index (χ1v) is 7.41. The Labute approximate surface area is 132 Å². The van der Waals surface area contributed by atoms with E-state index in [1.165, 1.54) is 38.5 Å². The van der Waals surface area contributed by atoms with Crippen LogP contribution in [0, 0.1) is 0 Å². The molecule has 0 unspecified atom stereocenters. The first-order chi connectivity index (χ1) is 9.18. The lowest BCUT2D eigenvalue weighted by molar-refractivity contribution is -0.671. The Morgan fingerprint density at radius 1 is 1.05 bits per heavy atom. The topological polar surface area (TPSA) is 46.1 Å². The fourth-order valence-electron chi connectivity index (χ4n) is 2.27. The maximum absolute atomic E-state index is 10.3. The number of carboxylic acid groups (broad SMARTS) is 1. The zero-order chi connectivity index (χ0) is 13.9. The van der Waals surface area contributed by atoms with Gasteiger partial charge >= 0.3 is 5.97 Å². The van der Waals surface area contributed by atoms with Gasteiger partial charge in [0, 0.05) is 6.42 Å². The van der Waals surface area contributed by atoms with E-state index in [0.717, 1.165) is 19.4 Å². The molecule has 1 aromatic rings. The van der Waals surface area contributed by atoms with Crippen molar-refractivity contribution >= 4 is 5.97 Å². The van der Waals surface area contributed by atoms with Crippen LogP contribution in [0.25, 0.3) is 0 Å². The quantitative estimate of drug-likeness (QED) is 0.449. The minimum absolute atomic E-state index is 0. The van der Waals surface area contributed by atoms with Crippen LogP contribution >= 0.6 is 0 Å². The Bertz CT molecular complexity index is 367. The first-order valence-electron chi connectivity index (χ1n) is 7.41. The van der Waals surface area contributed by atoms with E-state index in [9.17, 15) is 4.79 Å². The number of hydrogen-bond acceptors (Lipinski definition) is 1. The van der Waals surface area contributed by atoms with Gasteiger partial charge in [0.1, 0.15) is 12.4 Å². The normalized spacial score (nSPS) is 10.2. The van der Waals surface area contributed by atoms with Crippen molar-refractivity contribution in [2.24, 2.45) is 7.05 Å². The van der Waals surface area contributed by atoms with E-state index in [4.69, 9.17) is 5.11 Å². The summed E-state index contributed by atoms with van der Waals surface area (Å²) < 4.78 is 4.29.